The molecule has 4 rings (SSSR count). The van der Waals surface area contributed by atoms with Crippen molar-refractivity contribution in [3.8, 4) is 11.4 Å². The standard InChI is InChI=1S/C20H16FN5OS2/c1-29-20-23-12-17(26(20)15-7-5-13(21)6-8-15)18(27)24-14-3-2-4-16(11-14)25-10-9-22-19(25)28/h2-12H,1H3,(H,22,28)(H,24,27). The van der Waals surface area contributed by atoms with Crippen LogP contribution in [0.2, 0.25) is 0 Å². The number of thioether (sulfide) groups is 1. The molecular formula is C20H16FN5OS2. The van der Waals surface area contributed by atoms with Gasteiger partial charge in [0.2, 0.25) is 0 Å². The first-order valence-corrected chi connectivity index (χ1v) is 10.3. The van der Waals surface area contributed by atoms with E-state index in [1.807, 2.05) is 30.7 Å². The van der Waals surface area contributed by atoms with Crippen molar-refractivity contribution >= 4 is 35.6 Å². The number of H-pyrrole nitrogens is 1. The van der Waals surface area contributed by atoms with Crippen LogP contribution >= 0.6 is 24.0 Å². The van der Waals surface area contributed by atoms with Gasteiger partial charge in [0, 0.05) is 29.5 Å². The number of carbonyl (C=O) groups excluding carboxylic acids is 1. The number of carbonyl (C=O) groups is 1. The van der Waals surface area contributed by atoms with Crippen LogP contribution in [0, 0.1) is 10.6 Å². The number of anilines is 1. The van der Waals surface area contributed by atoms with E-state index in [-0.39, 0.29) is 11.7 Å². The fraction of sp³-hybridized carbons (Fsp3) is 0.0500. The average Bonchev–Trinajstić information content (AvgIpc) is 3.35. The van der Waals surface area contributed by atoms with Crippen LogP contribution in [0.1, 0.15) is 10.5 Å². The summed E-state index contributed by atoms with van der Waals surface area (Å²) in [5.74, 6) is -0.664. The number of nitrogens with one attached hydrogen (secondary N) is 2. The van der Waals surface area contributed by atoms with Crippen molar-refractivity contribution in [1.29, 1.82) is 0 Å². The molecule has 0 spiro atoms. The minimum atomic E-state index is -0.342. The maximum atomic E-state index is 13.3. The summed E-state index contributed by atoms with van der Waals surface area (Å²) in [5, 5.41) is 3.53. The van der Waals surface area contributed by atoms with Crippen molar-refractivity contribution in [2.24, 2.45) is 0 Å². The number of hydrogen-bond acceptors (Lipinski definition) is 4. The van der Waals surface area contributed by atoms with Crippen LogP contribution in [0.15, 0.2) is 72.3 Å². The lowest BCUT2D eigenvalue weighted by atomic mass is 10.2. The van der Waals surface area contributed by atoms with E-state index in [0.29, 0.717) is 27.0 Å². The second-order valence-electron chi connectivity index (χ2n) is 6.08. The summed E-state index contributed by atoms with van der Waals surface area (Å²) >= 11 is 6.65. The smallest absolute Gasteiger partial charge is 0.274 e. The Kier molecular flexibility index (Phi) is 5.32. The molecule has 0 radical (unpaired) electrons. The van der Waals surface area contributed by atoms with Gasteiger partial charge in [-0.2, -0.15) is 0 Å². The van der Waals surface area contributed by atoms with Crippen molar-refractivity contribution in [3.05, 3.63) is 83.4 Å². The highest BCUT2D eigenvalue weighted by Gasteiger charge is 2.18. The van der Waals surface area contributed by atoms with Crippen LogP contribution < -0.4 is 5.32 Å². The van der Waals surface area contributed by atoms with Gasteiger partial charge in [0.25, 0.3) is 5.91 Å². The molecule has 6 nitrogen and oxygen atoms in total. The van der Waals surface area contributed by atoms with E-state index in [4.69, 9.17) is 12.2 Å². The zero-order valence-corrected chi connectivity index (χ0v) is 16.9. The highest BCUT2D eigenvalue weighted by atomic mass is 32.2. The number of halogens is 1. The Bertz CT molecular complexity index is 1230. The summed E-state index contributed by atoms with van der Waals surface area (Å²) in [5.41, 5.74) is 2.45. The van der Waals surface area contributed by atoms with E-state index in [1.165, 1.54) is 30.1 Å². The largest absolute Gasteiger partial charge is 0.337 e. The SMILES string of the molecule is CSc1ncc(C(=O)Nc2cccc(-n3cc[nH]c3=S)c2)n1-c1ccc(F)cc1. The van der Waals surface area contributed by atoms with Gasteiger partial charge in [-0.1, -0.05) is 17.8 Å². The zero-order valence-electron chi connectivity index (χ0n) is 15.3. The maximum absolute atomic E-state index is 13.3. The van der Waals surface area contributed by atoms with Crippen molar-refractivity contribution in [2.45, 2.75) is 5.16 Å². The topological polar surface area (TPSA) is 67.6 Å². The summed E-state index contributed by atoms with van der Waals surface area (Å²) in [6.45, 7) is 0. The molecule has 0 unspecified atom stereocenters. The lowest BCUT2D eigenvalue weighted by Crippen LogP contribution is -2.17. The monoisotopic (exact) mass is 425 g/mol. The molecule has 2 aromatic heterocycles. The molecule has 2 aromatic carbocycles. The number of benzene rings is 2. The molecule has 0 fully saturated rings. The quantitative estimate of drug-likeness (QED) is 0.355. The van der Waals surface area contributed by atoms with Gasteiger partial charge in [0.15, 0.2) is 9.93 Å². The van der Waals surface area contributed by atoms with E-state index in [0.717, 1.165) is 5.69 Å². The molecule has 0 aliphatic carbocycles. The molecule has 2 heterocycles. The Labute approximate surface area is 175 Å². The number of imidazole rings is 2. The number of hydrogen-bond donors (Lipinski definition) is 2. The van der Waals surface area contributed by atoms with E-state index in [1.54, 1.807) is 33.5 Å². The molecule has 0 aliphatic heterocycles. The normalized spacial score (nSPS) is 10.8. The second kappa shape index (κ2) is 8.06. The summed E-state index contributed by atoms with van der Waals surface area (Å²) in [7, 11) is 0. The predicted octanol–water partition coefficient (Wildman–Crippen LogP) is 4.83. The number of aromatic nitrogens is 4. The molecule has 146 valence electrons. The van der Waals surface area contributed by atoms with Gasteiger partial charge in [-0.05, 0) is 60.9 Å². The average molecular weight is 426 g/mol. The highest BCUT2D eigenvalue weighted by molar-refractivity contribution is 7.98. The second-order valence-corrected chi connectivity index (χ2v) is 7.24. The summed E-state index contributed by atoms with van der Waals surface area (Å²) in [6, 6.07) is 13.3. The molecular weight excluding hydrogens is 409 g/mol. The van der Waals surface area contributed by atoms with Gasteiger partial charge >= 0.3 is 0 Å². The Balaban J connectivity index is 1.66. The van der Waals surface area contributed by atoms with Crippen molar-refractivity contribution in [3.63, 3.8) is 0 Å². The van der Waals surface area contributed by atoms with Crippen molar-refractivity contribution in [2.75, 3.05) is 11.6 Å². The van der Waals surface area contributed by atoms with Gasteiger partial charge < -0.3 is 10.3 Å². The Morgan fingerprint density at radius 3 is 2.69 bits per heavy atom. The highest BCUT2D eigenvalue weighted by Crippen LogP contribution is 2.23. The number of rotatable bonds is 5. The van der Waals surface area contributed by atoms with Crippen LogP contribution in [-0.2, 0) is 0 Å². The van der Waals surface area contributed by atoms with Crippen LogP contribution in [0.25, 0.3) is 11.4 Å². The fourth-order valence-electron chi connectivity index (χ4n) is 2.93. The molecule has 0 atom stereocenters. The molecule has 0 saturated heterocycles. The minimum Gasteiger partial charge on any atom is -0.337 e. The lowest BCUT2D eigenvalue weighted by molar-refractivity contribution is 0.102. The van der Waals surface area contributed by atoms with Gasteiger partial charge in [-0.25, -0.2) is 9.37 Å². The van der Waals surface area contributed by atoms with E-state index in [9.17, 15) is 9.18 Å². The summed E-state index contributed by atoms with van der Waals surface area (Å²) in [6.07, 6.45) is 6.95. The Morgan fingerprint density at radius 1 is 1.21 bits per heavy atom. The molecule has 4 aromatic rings. The summed E-state index contributed by atoms with van der Waals surface area (Å²) in [4.78, 5) is 20.2. The molecule has 0 saturated carbocycles. The predicted molar refractivity (Wildman–Crippen MR) is 114 cm³/mol. The molecule has 2 N–H and O–H groups in total. The van der Waals surface area contributed by atoms with Crippen LogP contribution in [0.4, 0.5) is 10.1 Å². The number of aromatic amines is 1. The van der Waals surface area contributed by atoms with Gasteiger partial charge in [0.1, 0.15) is 11.5 Å². The van der Waals surface area contributed by atoms with Gasteiger partial charge in [-0.3, -0.25) is 13.9 Å². The molecule has 0 bridgehead atoms. The Morgan fingerprint density at radius 2 is 2.00 bits per heavy atom. The maximum Gasteiger partial charge on any atom is 0.274 e. The van der Waals surface area contributed by atoms with E-state index < -0.39 is 0 Å². The molecule has 0 aliphatic rings. The van der Waals surface area contributed by atoms with Gasteiger partial charge in [0.05, 0.1) is 6.20 Å². The number of amides is 1. The van der Waals surface area contributed by atoms with Crippen molar-refractivity contribution < 1.29 is 9.18 Å². The lowest BCUT2D eigenvalue weighted by Gasteiger charge is -2.12. The van der Waals surface area contributed by atoms with Crippen LogP contribution in [0.3, 0.4) is 0 Å². The van der Waals surface area contributed by atoms with Crippen molar-refractivity contribution in [1.82, 2.24) is 19.1 Å². The molecule has 9 heteroatoms. The third-order valence-electron chi connectivity index (χ3n) is 4.26. The summed E-state index contributed by atoms with van der Waals surface area (Å²) < 4.78 is 17.4. The van der Waals surface area contributed by atoms with Gasteiger partial charge in [-0.15, -0.1) is 0 Å². The first-order chi connectivity index (χ1) is 14.1. The Hall–Kier alpha value is -3.17. The zero-order chi connectivity index (χ0) is 20.4. The minimum absolute atomic E-state index is 0.322. The van der Waals surface area contributed by atoms with E-state index >= 15 is 0 Å². The van der Waals surface area contributed by atoms with Crippen LogP contribution in [-0.4, -0.2) is 31.3 Å². The van der Waals surface area contributed by atoms with E-state index in [2.05, 4.69) is 15.3 Å². The van der Waals surface area contributed by atoms with Crippen LogP contribution in [0.5, 0.6) is 0 Å². The molecule has 29 heavy (non-hydrogen) atoms. The molecule has 1 amide bonds. The third kappa shape index (κ3) is 3.87. The fourth-order valence-corrected chi connectivity index (χ4v) is 3.71. The number of nitrogens with zero attached hydrogens (tertiary/aromatic N) is 3. The third-order valence-corrected chi connectivity index (χ3v) is 5.23. The first-order valence-electron chi connectivity index (χ1n) is 8.62. The first kappa shape index (κ1) is 19.2.